The Hall–Kier alpha value is -3.40. The molecule has 4 heterocycles. The van der Waals surface area contributed by atoms with Crippen LogP contribution in [0.1, 0.15) is 12.5 Å². The number of nitrogens with one attached hydrogen (secondary N) is 1. The van der Waals surface area contributed by atoms with E-state index in [1.807, 2.05) is 30.3 Å². The van der Waals surface area contributed by atoms with Gasteiger partial charge in [0.1, 0.15) is 11.6 Å². The summed E-state index contributed by atoms with van der Waals surface area (Å²) in [6.45, 7) is 0. The Balaban J connectivity index is 1.49. The summed E-state index contributed by atoms with van der Waals surface area (Å²) in [6.07, 6.45) is 3.05. The molecule has 0 unspecified atom stereocenters. The van der Waals surface area contributed by atoms with Crippen LogP contribution in [0.3, 0.4) is 0 Å². The highest BCUT2D eigenvalue weighted by molar-refractivity contribution is 7.99. The average molecular weight is 394 g/mol. The summed E-state index contributed by atoms with van der Waals surface area (Å²) in [5, 5.41) is 11.7. The van der Waals surface area contributed by atoms with Crippen LogP contribution in [-0.4, -0.2) is 36.1 Å². The number of rotatable bonds is 4. The van der Waals surface area contributed by atoms with Gasteiger partial charge in [-0.15, -0.1) is 0 Å². The number of carbonyl (C=O) groups is 1. The minimum Gasteiger partial charge on any atom is -0.363 e. The van der Waals surface area contributed by atoms with Crippen LogP contribution in [0.2, 0.25) is 0 Å². The summed E-state index contributed by atoms with van der Waals surface area (Å²) < 4.78 is 7.95. The lowest BCUT2D eigenvalue weighted by Gasteiger charge is -2.12. The van der Waals surface area contributed by atoms with E-state index in [-0.39, 0.29) is 23.9 Å². The van der Waals surface area contributed by atoms with Gasteiger partial charge >= 0.3 is 0 Å². The van der Waals surface area contributed by atoms with Gasteiger partial charge in [-0.3, -0.25) is 14.2 Å². The molecule has 1 aromatic carbocycles. The molecule has 1 aliphatic heterocycles. The third-order valence-electron chi connectivity index (χ3n) is 4.50. The van der Waals surface area contributed by atoms with Crippen LogP contribution in [0.4, 0.5) is 5.82 Å². The maximum atomic E-state index is 13.1. The zero-order valence-corrected chi connectivity index (χ0v) is 15.3. The molecule has 0 fully saturated rings. The van der Waals surface area contributed by atoms with Crippen LogP contribution in [-0.2, 0) is 4.79 Å². The summed E-state index contributed by atoms with van der Waals surface area (Å²) in [7, 11) is 0. The molecule has 1 aliphatic rings. The van der Waals surface area contributed by atoms with Crippen molar-refractivity contribution in [3.05, 3.63) is 59.2 Å². The van der Waals surface area contributed by atoms with Gasteiger partial charge in [0.05, 0.1) is 17.9 Å². The second kappa shape index (κ2) is 6.64. The predicted molar refractivity (Wildman–Crippen MR) is 103 cm³/mol. The van der Waals surface area contributed by atoms with Crippen molar-refractivity contribution in [3.8, 4) is 5.69 Å². The molecule has 0 aliphatic carbocycles. The minimum absolute atomic E-state index is 0.146. The van der Waals surface area contributed by atoms with Gasteiger partial charge in [-0.25, -0.2) is 9.67 Å². The van der Waals surface area contributed by atoms with E-state index in [0.29, 0.717) is 27.8 Å². The molecule has 10 heteroatoms. The van der Waals surface area contributed by atoms with Crippen LogP contribution < -0.4 is 10.9 Å². The molecule has 0 radical (unpaired) electrons. The first kappa shape index (κ1) is 16.8. The van der Waals surface area contributed by atoms with Gasteiger partial charge < -0.3 is 9.84 Å². The Morgan fingerprint density at radius 1 is 1.29 bits per heavy atom. The second-order valence-corrected chi connectivity index (χ2v) is 7.29. The predicted octanol–water partition coefficient (Wildman–Crippen LogP) is 2.25. The number of para-hydroxylation sites is 1. The molecule has 4 aromatic rings. The van der Waals surface area contributed by atoms with Crippen molar-refractivity contribution in [1.82, 2.24) is 24.5 Å². The van der Waals surface area contributed by atoms with Crippen molar-refractivity contribution in [3.63, 3.8) is 0 Å². The molecule has 0 saturated heterocycles. The number of amides is 1. The molecule has 9 nitrogen and oxygen atoms in total. The maximum Gasteiger partial charge on any atom is 0.265 e. The van der Waals surface area contributed by atoms with Crippen LogP contribution in [0.5, 0.6) is 0 Å². The molecule has 3 aromatic heterocycles. The van der Waals surface area contributed by atoms with E-state index in [2.05, 4.69) is 20.6 Å². The lowest BCUT2D eigenvalue weighted by molar-refractivity contribution is -0.116. The first-order valence-corrected chi connectivity index (χ1v) is 9.58. The van der Waals surface area contributed by atoms with Crippen LogP contribution in [0, 0.1) is 0 Å². The number of anilines is 1. The molecule has 0 bridgehead atoms. The smallest absolute Gasteiger partial charge is 0.265 e. The number of carbonyl (C=O) groups excluding carboxylic acids is 1. The van der Waals surface area contributed by atoms with Crippen molar-refractivity contribution < 1.29 is 9.32 Å². The van der Waals surface area contributed by atoms with E-state index in [0.717, 1.165) is 5.69 Å². The Morgan fingerprint density at radius 2 is 2.14 bits per heavy atom. The molecular weight excluding hydrogens is 380 g/mol. The highest BCUT2D eigenvalue weighted by Crippen LogP contribution is 2.33. The van der Waals surface area contributed by atoms with E-state index in [9.17, 15) is 9.59 Å². The SMILES string of the molecule is O=C(C[C@@H]1CSc2nc3c(cnn3-c3ccccc3)c(=O)n21)Nc1ccon1. The standard InChI is InChI=1S/C18H14N6O3S/c25-15(20-14-6-7-27-22-14)8-12-10-28-18-21-16-13(17(26)23(12)18)9-19-24(16)11-4-2-1-3-5-11/h1-7,9,12H,8,10H2,(H,20,22,25)/t12-/m1/s1. The topological polar surface area (TPSA) is 108 Å². The molecule has 0 spiro atoms. The Kier molecular flexibility index (Phi) is 3.97. The van der Waals surface area contributed by atoms with Crippen molar-refractivity contribution in [2.24, 2.45) is 0 Å². The Labute approximate surface area is 162 Å². The number of thioether (sulfide) groups is 1. The molecule has 1 amide bonds. The van der Waals surface area contributed by atoms with E-state index in [1.54, 1.807) is 15.3 Å². The van der Waals surface area contributed by atoms with Gasteiger partial charge in [0.25, 0.3) is 5.56 Å². The largest absolute Gasteiger partial charge is 0.363 e. The fourth-order valence-corrected chi connectivity index (χ4v) is 4.35. The number of hydrogen-bond acceptors (Lipinski definition) is 7. The fourth-order valence-electron chi connectivity index (χ4n) is 3.22. The van der Waals surface area contributed by atoms with Gasteiger partial charge in [0, 0.05) is 18.2 Å². The summed E-state index contributed by atoms with van der Waals surface area (Å²) in [5.41, 5.74) is 1.16. The van der Waals surface area contributed by atoms with Gasteiger partial charge in [0.15, 0.2) is 16.6 Å². The quantitative estimate of drug-likeness (QED) is 0.529. The summed E-state index contributed by atoms with van der Waals surface area (Å²) >= 11 is 1.46. The normalized spacial score (nSPS) is 15.6. The average Bonchev–Trinajstić information content (AvgIpc) is 3.43. The van der Waals surface area contributed by atoms with E-state index in [1.165, 1.54) is 24.2 Å². The van der Waals surface area contributed by atoms with E-state index >= 15 is 0 Å². The molecule has 140 valence electrons. The highest BCUT2D eigenvalue weighted by Gasteiger charge is 2.29. The van der Waals surface area contributed by atoms with Gasteiger partial charge in [-0.2, -0.15) is 5.10 Å². The zero-order chi connectivity index (χ0) is 19.1. The number of hydrogen-bond donors (Lipinski definition) is 1. The summed E-state index contributed by atoms with van der Waals surface area (Å²) in [5.74, 6) is 0.708. The van der Waals surface area contributed by atoms with Crippen LogP contribution >= 0.6 is 11.8 Å². The number of benzene rings is 1. The molecule has 1 N–H and O–H groups in total. The first-order valence-electron chi connectivity index (χ1n) is 8.59. The van der Waals surface area contributed by atoms with E-state index in [4.69, 9.17) is 4.52 Å². The molecule has 0 saturated carbocycles. The minimum atomic E-state index is -0.281. The lowest BCUT2D eigenvalue weighted by Crippen LogP contribution is -2.27. The molecule has 5 rings (SSSR count). The zero-order valence-electron chi connectivity index (χ0n) is 14.5. The third kappa shape index (κ3) is 2.78. The maximum absolute atomic E-state index is 13.1. The van der Waals surface area contributed by atoms with Gasteiger partial charge in [-0.05, 0) is 12.1 Å². The molecule has 28 heavy (non-hydrogen) atoms. The summed E-state index contributed by atoms with van der Waals surface area (Å²) in [4.78, 5) is 30.0. The number of fused-ring (bicyclic) bond motifs is 2. The first-order chi connectivity index (χ1) is 13.7. The Morgan fingerprint density at radius 3 is 2.93 bits per heavy atom. The lowest BCUT2D eigenvalue weighted by atomic mass is 10.2. The molecular formula is C18H14N6O3S. The van der Waals surface area contributed by atoms with Crippen molar-refractivity contribution in [2.45, 2.75) is 17.6 Å². The fraction of sp³-hybridized carbons (Fsp3) is 0.167. The Bertz CT molecular complexity index is 1220. The molecule has 1 atom stereocenters. The van der Waals surface area contributed by atoms with Crippen LogP contribution in [0.15, 0.2) is 63.3 Å². The van der Waals surface area contributed by atoms with Crippen molar-refractivity contribution in [2.75, 3.05) is 11.1 Å². The monoisotopic (exact) mass is 394 g/mol. The van der Waals surface area contributed by atoms with E-state index < -0.39 is 0 Å². The number of aromatic nitrogens is 5. The van der Waals surface area contributed by atoms with Gasteiger partial charge in [0.2, 0.25) is 5.91 Å². The van der Waals surface area contributed by atoms with Crippen molar-refractivity contribution >= 4 is 34.5 Å². The van der Waals surface area contributed by atoms with Gasteiger partial charge in [-0.1, -0.05) is 35.1 Å². The number of nitrogens with zero attached hydrogens (tertiary/aromatic N) is 5. The third-order valence-corrected chi connectivity index (χ3v) is 5.60. The second-order valence-electron chi connectivity index (χ2n) is 6.30. The van der Waals surface area contributed by atoms with Crippen LogP contribution in [0.25, 0.3) is 16.7 Å². The van der Waals surface area contributed by atoms with Crippen molar-refractivity contribution in [1.29, 1.82) is 0 Å². The highest BCUT2D eigenvalue weighted by atomic mass is 32.2. The summed E-state index contributed by atoms with van der Waals surface area (Å²) in [6, 6.07) is 10.8.